The summed E-state index contributed by atoms with van der Waals surface area (Å²) >= 11 is 1.28. The minimum absolute atomic E-state index is 0.0881. The van der Waals surface area contributed by atoms with E-state index in [0.29, 0.717) is 11.1 Å². The number of carbonyl (C=O) groups is 1. The lowest BCUT2D eigenvalue weighted by atomic mass is 9.89. The van der Waals surface area contributed by atoms with Gasteiger partial charge in [-0.25, -0.2) is 0 Å². The van der Waals surface area contributed by atoms with Crippen molar-refractivity contribution in [2.24, 2.45) is 0 Å². The monoisotopic (exact) mass is 393 g/mol. The molecule has 1 aliphatic rings. The fourth-order valence-corrected chi connectivity index (χ4v) is 4.06. The molecule has 2 aromatic carbocycles. The summed E-state index contributed by atoms with van der Waals surface area (Å²) < 4.78 is 5.75. The molecule has 0 aliphatic heterocycles. The zero-order valence-corrected chi connectivity index (χ0v) is 16.5. The van der Waals surface area contributed by atoms with Crippen molar-refractivity contribution < 1.29 is 9.21 Å². The van der Waals surface area contributed by atoms with E-state index < -0.39 is 0 Å². The molecule has 0 radical (unpaired) electrons. The molecule has 0 bridgehead atoms. The van der Waals surface area contributed by atoms with Gasteiger partial charge in [-0.3, -0.25) is 4.79 Å². The van der Waals surface area contributed by atoms with Crippen LogP contribution in [0.1, 0.15) is 43.9 Å². The molecule has 0 spiro atoms. The van der Waals surface area contributed by atoms with Crippen LogP contribution in [-0.2, 0) is 4.79 Å². The van der Waals surface area contributed by atoms with Crippen molar-refractivity contribution >= 4 is 23.4 Å². The summed E-state index contributed by atoms with van der Waals surface area (Å²) in [5, 5.41) is 11.6. The van der Waals surface area contributed by atoms with Crippen LogP contribution in [0.3, 0.4) is 0 Å². The summed E-state index contributed by atoms with van der Waals surface area (Å²) in [6.45, 7) is 0. The topological polar surface area (TPSA) is 68.0 Å². The van der Waals surface area contributed by atoms with E-state index in [1.807, 2.05) is 42.5 Å². The molecule has 0 saturated heterocycles. The fraction of sp³-hybridized carbons (Fsp3) is 0.318. The Kier molecular flexibility index (Phi) is 6.07. The molecule has 1 fully saturated rings. The van der Waals surface area contributed by atoms with Gasteiger partial charge >= 0.3 is 0 Å². The number of amides is 1. The van der Waals surface area contributed by atoms with Crippen LogP contribution < -0.4 is 5.32 Å². The molecule has 4 rings (SSSR count). The average molecular weight is 394 g/mol. The van der Waals surface area contributed by atoms with E-state index in [0.717, 1.165) is 35.5 Å². The van der Waals surface area contributed by atoms with Gasteiger partial charge < -0.3 is 9.73 Å². The zero-order chi connectivity index (χ0) is 19.2. The third kappa shape index (κ3) is 4.81. The number of aromatic nitrogens is 2. The highest BCUT2D eigenvalue weighted by molar-refractivity contribution is 7.99. The first kappa shape index (κ1) is 18.7. The van der Waals surface area contributed by atoms with Gasteiger partial charge in [0.1, 0.15) is 0 Å². The lowest BCUT2D eigenvalue weighted by Gasteiger charge is -2.17. The van der Waals surface area contributed by atoms with Gasteiger partial charge in [0.2, 0.25) is 11.8 Å². The average Bonchev–Trinajstić information content (AvgIpc) is 3.23. The molecule has 3 aromatic rings. The third-order valence-corrected chi connectivity index (χ3v) is 5.80. The van der Waals surface area contributed by atoms with Gasteiger partial charge in [0.05, 0.1) is 5.75 Å². The molecule has 144 valence electrons. The number of benzene rings is 2. The minimum Gasteiger partial charge on any atom is -0.416 e. The minimum atomic E-state index is -0.0881. The second-order valence-corrected chi connectivity index (χ2v) is 7.95. The van der Waals surface area contributed by atoms with E-state index in [1.165, 1.54) is 31.0 Å². The van der Waals surface area contributed by atoms with Gasteiger partial charge in [-0.15, -0.1) is 10.2 Å². The normalized spacial score (nSPS) is 14.7. The van der Waals surface area contributed by atoms with Crippen molar-refractivity contribution in [1.29, 1.82) is 0 Å². The third-order valence-electron chi connectivity index (χ3n) is 4.98. The molecule has 1 aromatic heterocycles. The number of anilines is 1. The number of carbonyl (C=O) groups excluding carboxylic acids is 1. The fourth-order valence-electron chi connectivity index (χ4n) is 3.49. The number of nitrogens with zero attached hydrogens (tertiary/aromatic N) is 2. The molecule has 5 nitrogen and oxygen atoms in total. The number of hydrogen-bond acceptors (Lipinski definition) is 5. The van der Waals surface area contributed by atoms with Crippen LogP contribution >= 0.6 is 11.8 Å². The van der Waals surface area contributed by atoms with Crippen molar-refractivity contribution in [1.82, 2.24) is 10.2 Å². The number of hydrogen-bond donors (Lipinski definition) is 1. The first-order valence-corrected chi connectivity index (χ1v) is 10.7. The molecule has 1 aliphatic carbocycles. The molecule has 1 heterocycles. The first-order valence-electron chi connectivity index (χ1n) is 9.69. The highest BCUT2D eigenvalue weighted by Crippen LogP contribution is 2.33. The second-order valence-electron chi connectivity index (χ2n) is 7.02. The second kappa shape index (κ2) is 9.06. The predicted molar refractivity (Wildman–Crippen MR) is 111 cm³/mol. The first-order chi connectivity index (χ1) is 13.8. The van der Waals surface area contributed by atoms with Crippen molar-refractivity contribution in [3.63, 3.8) is 0 Å². The maximum Gasteiger partial charge on any atom is 0.277 e. The van der Waals surface area contributed by atoms with Crippen LogP contribution in [-0.4, -0.2) is 21.9 Å². The SMILES string of the molecule is O=C(CSc1nnc(C2CCCCC2)o1)Nc1ccc(-c2ccccc2)cc1. The Labute approximate surface area is 168 Å². The standard InChI is InChI=1S/C22H23N3O2S/c26-20(15-28-22-25-24-21(27-22)18-9-5-2-6-10-18)23-19-13-11-17(12-14-19)16-7-3-1-4-8-16/h1,3-4,7-8,11-14,18H,2,5-6,9-10,15H2,(H,23,26). The van der Waals surface area contributed by atoms with Crippen LogP contribution in [0.4, 0.5) is 5.69 Å². The maximum atomic E-state index is 12.2. The summed E-state index contributed by atoms with van der Waals surface area (Å²) in [7, 11) is 0. The van der Waals surface area contributed by atoms with E-state index in [-0.39, 0.29) is 11.7 Å². The van der Waals surface area contributed by atoms with E-state index in [1.54, 1.807) is 0 Å². The van der Waals surface area contributed by atoms with Gasteiger partial charge in [-0.1, -0.05) is 73.5 Å². The van der Waals surface area contributed by atoms with Crippen molar-refractivity contribution in [2.75, 3.05) is 11.1 Å². The van der Waals surface area contributed by atoms with Crippen LogP contribution in [0.25, 0.3) is 11.1 Å². The van der Waals surface area contributed by atoms with Crippen molar-refractivity contribution in [3.05, 3.63) is 60.5 Å². The molecular formula is C22H23N3O2S. The molecular weight excluding hydrogens is 370 g/mol. The maximum absolute atomic E-state index is 12.2. The predicted octanol–water partition coefficient (Wildman–Crippen LogP) is 5.52. The van der Waals surface area contributed by atoms with Crippen molar-refractivity contribution in [3.8, 4) is 11.1 Å². The number of rotatable bonds is 6. The number of nitrogens with one attached hydrogen (secondary N) is 1. The molecule has 1 N–H and O–H groups in total. The van der Waals surface area contributed by atoms with Crippen LogP contribution in [0.15, 0.2) is 64.2 Å². The van der Waals surface area contributed by atoms with Crippen LogP contribution in [0, 0.1) is 0 Å². The van der Waals surface area contributed by atoms with E-state index in [4.69, 9.17) is 4.42 Å². The summed E-state index contributed by atoms with van der Waals surface area (Å²) in [6, 6.07) is 18.0. The summed E-state index contributed by atoms with van der Waals surface area (Å²) in [4.78, 5) is 12.2. The number of thioether (sulfide) groups is 1. The van der Waals surface area contributed by atoms with Gasteiger partial charge in [0.15, 0.2) is 0 Å². The Morgan fingerprint density at radius 1 is 0.964 bits per heavy atom. The highest BCUT2D eigenvalue weighted by Gasteiger charge is 2.21. The van der Waals surface area contributed by atoms with Gasteiger partial charge in [-0.05, 0) is 36.1 Å². The molecule has 1 saturated carbocycles. The Hall–Kier alpha value is -2.60. The van der Waals surface area contributed by atoms with Crippen molar-refractivity contribution in [2.45, 2.75) is 43.2 Å². The highest BCUT2D eigenvalue weighted by atomic mass is 32.2. The summed E-state index contributed by atoms with van der Waals surface area (Å²) in [5.41, 5.74) is 3.05. The Morgan fingerprint density at radius 2 is 1.68 bits per heavy atom. The van der Waals surface area contributed by atoms with Gasteiger partial charge in [0.25, 0.3) is 5.22 Å². The smallest absolute Gasteiger partial charge is 0.277 e. The Bertz CT molecular complexity index is 903. The van der Waals surface area contributed by atoms with E-state index in [2.05, 4.69) is 27.6 Å². The lowest BCUT2D eigenvalue weighted by molar-refractivity contribution is -0.113. The van der Waals surface area contributed by atoms with E-state index >= 15 is 0 Å². The van der Waals surface area contributed by atoms with E-state index in [9.17, 15) is 4.79 Å². The van der Waals surface area contributed by atoms with Gasteiger partial charge in [-0.2, -0.15) is 0 Å². The van der Waals surface area contributed by atoms with Gasteiger partial charge in [0, 0.05) is 11.6 Å². The molecule has 0 atom stereocenters. The van der Waals surface area contributed by atoms with Crippen LogP contribution in [0.5, 0.6) is 0 Å². The van der Waals surface area contributed by atoms with Crippen LogP contribution in [0.2, 0.25) is 0 Å². The Balaban J connectivity index is 1.28. The molecule has 1 amide bonds. The summed E-state index contributed by atoms with van der Waals surface area (Å²) in [5.74, 6) is 1.26. The largest absolute Gasteiger partial charge is 0.416 e. The Morgan fingerprint density at radius 3 is 2.43 bits per heavy atom. The molecule has 28 heavy (non-hydrogen) atoms. The molecule has 6 heteroatoms. The zero-order valence-electron chi connectivity index (χ0n) is 15.6. The molecule has 0 unspecified atom stereocenters. The lowest BCUT2D eigenvalue weighted by Crippen LogP contribution is -2.13. The quantitative estimate of drug-likeness (QED) is 0.559. The summed E-state index contributed by atoms with van der Waals surface area (Å²) in [6.07, 6.45) is 5.97.